The summed E-state index contributed by atoms with van der Waals surface area (Å²) < 4.78 is 11.1. The van der Waals surface area contributed by atoms with E-state index in [4.69, 9.17) is 9.47 Å². The first-order chi connectivity index (χ1) is 9.49. The molecule has 1 rings (SSSR count). The second kappa shape index (κ2) is 8.12. The minimum Gasteiger partial charge on any atom is -0.497 e. The highest BCUT2D eigenvalue weighted by Gasteiger charge is 2.17. The predicted octanol–water partition coefficient (Wildman–Crippen LogP) is 2.90. The molecule has 3 unspecified atom stereocenters. The van der Waals surface area contributed by atoms with Gasteiger partial charge in [0.05, 0.1) is 13.2 Å². The molecular formula is C16H27NO3. The van der Waals surface area contributed by atoms with Gasteiger partial charge < -0.3 is 19.9 Å². The Morgan fingerprint density at radius 2 is 1.95 bits per heavy atom. The maximum absolute atomic E-state index is 9.61. The Morgan fingerprint density at radius 1 is 1.25 bits per heavy atom. The van der Waals surface area contributed by atoms with E-state index in [9.17, 15) is 5.11 Å². The van der Waals surface area contributed by atoms with E-state index in [2.05, 4.69) is 19.2 Å². The Kier molecular flexibility index (Phi) is 6.82. The number of aliphatic hydroxyl groups is 1. The first-order valence-electron chi connectivity index (χ1n) is 7.25. The van der Waals surface area contributed by atoms with Gasteiger partial charge in [-0.05, 0) is 39.8 Å². The number of benzene rings is 1. The van der Waals surface area contributed by atoms with Crippen LogP contribution in [0.2, 0.25) is 0 Å². The van der Waals surface area contributed by atoms with Gasteiger partial charge in [-0.3, -0.25) is 0 Å². The first kappa shape index (κ1) is 16.8. The molecule has 114 valence electrons. The van der Waals surface area contributed by atoms with E-state index < -0.39 is 6.10 Å². The lowest BCUT2D eigenvalue weighted by atomic mass is 10.1. The third-order valence-corrected chi connectivity index (χ3v) is 3.38. The highest BCUT2D eigenvalue weighted by molar-refractivity contribution is 5.42. The van der Waals surface area contributed by atoms with Crippen LogP contribution in [0.25, 0.3) is 0 Å². The van der Waals surface area contributed by atoms with Gasteiger partial charge in [0.2, 0.25) is 0 Å². The molecule has 0 fully saturated rings. The number of methoxy groups -OCH3 is 1. The average molecular weight is 281 g/mol. The van der Waals surface area contributed by atoms with Crippen LogP contribution in [0.3, 0.4) is 0 Å². The summed E-state index contributed by atoms with van der Waals surface area (Å²) in [5, 5.41) is 13.1. The van der Waals surface area contributed by atoms with E-state index >= 15 is 0 Å². The number of rotatable bonds is 8. The van der Waals surface area contributed by atoms with Gasteiger partial charge >= 0.3 is 0 Å². The second-order valence-corrected chi connectivity index (χ2v) is 5.14. The van der Waals surface area contributed by atoms with Crippen LogP contribution in [0, 0.1) is 0 Å². The van der Waals surface area contributed by atoms with Gasteiger partial charge in [0.1, 0.15) is 17.6 Å². The van der Waals surface area contributed by atoms with Crippen molar-refractivity contribution < 1.29 is 14.6 Å². The fourth-order valence-corrected chi connectivity index (χ4v) is 1.87. The number of hydrogen-bond acceptors (Lipinski definition) is 4. The summed E-state index contributed by atoms with van der Waals surface area (Å²) >= 11 is 0. The van der Waals surface area contributed by atoms with Crippen LogP contribution in [-0.4, -0.2) is 31.0 Å². The molecule has 0 amide bonds. The summed E-state index contributed by atoms with van der Waals surface area (Å²) in [6.45, 7) is 8.79. The Bertz CT molecular complexity index is 407. The van der Waals surface area contributed by atoms with Gasteiger partial charge in [0.25, 0.3) is 0 Å². The molecule has 0 heterocycles. The van der Waals surface area contributed by atoms with E-state index in [1.165, 1.54) is 0 Å². The fraction of sp³-hybridized carbons (Fsp3) is 0.625. The Labute approximate surface area is 122 Å². The van der Waals surface area contributed by atoms with Crippen LogP contribution in [0.15, 0.2) is 18.2 Å². The number of hydrogen-bond donors (Lipinski definition) is 2. The molecule has 0 spiro atoms. The molecule has 20 heavy (non-hydrogen) atoms. The second-order valence-electron chi connectivity index (χ2n) is 5.14. The van der Waals surface area contributed by atoms with Gasteiger partial charge in [-0.15, -0.1) is 0 Å². The van der Waals surface area contributed by atoms with Gasteiger partial charge in [-0.1, -0.05) is 13.0 Å². The zero-order chi connectivity index (χ0) is 15.1. The molecule has 0 saturated carbocycles. The summed E-state index contributed by atoms with van der Waals surface area (Å²) in [5.74, 6) is 1.51. The van der Waals surface area contributed by atoms with Gasteiger partial charge in [0, 0.05) is 17.7 Å². The fourth-order valence-electron chi connectivity index (χ4n) is 1.87. The summed E-state index contributed by atoms with van der Waals surface area (Å²) in [4.78, 5) is 0. The molecule has 1 aromatic carbocycles. The third-order valence-electron chi connectivity index (χ3n) is 3.38. The number of aliphatic hydroxyl groups excluding tert-OH is 1. The molecule has 0 saturated heterocycles. The Morgan fingerprint density at radius 3 is 2.50 bits per heavy atom. The number of ether oxygens (including phenoxy) is 2. The normalized spacial score (nSPS) is 15.5. The van der Waals surface area contributed by atoms with Crippen molar-refractivity contribution in [3.8, 4) is 11.5 Å². The molecule has 0 aliphatic heterocycles. The standard InChI is InChI=1S/C16H27NO3/c1-6-9-17-11(2)15-8-7-14(19-5)10-16(15)20-13(4)12(3)18/h7-8,10-13,17-18H,6,9H2,1-5H3. The van der Waals surface area contributed by atoms with Crippen molar-refractivity contribution in [2.45, 2.75) is 52.4 Å². The predicted molar refractivity (Wildman–Crippen MR) is 81.5 cm³/mol. The summed E-state index contributed by atoms with van der Waals surface area (Å²) in [5.41, 5.74) is 1.08. The Balaban J connectivity index is 2.96. The van der Waals surface area contributed by atoms with Crippen molar-refractivity contribution >= 4 is 0 Å². The lowest BCUT2D eigenvalue weighted by molar-refractivity contribution is 0.0593. The molecule has 4 nitrogen and oxygen atoms in total. The molecule has 0 bridgehead atoms. The molecule has 0 radical (unpaired) electrons. The third kappa shape index (κ3) is 4.69. The monoisotopic (exact) mass is 281 g/mol. The SMILES string of the molecule is CCCNC(C)c1ccc(OC)cc1OC(C)C(C)O. The van der Waals surface area contributed by atoms with Crippen molar-refractivity contribution in [3.05, 3.63) is 23.8 Å². The number of nitrogens with one attached hydrogen (secondary N) is 1. The first-order valence-corrected chi connectivity index (χ1v) is 7.25. The van der Waals surface area contributed by atoms with Crippen molar-refractivity contribution in [3.63, 3.8) is 0 Å². The summed E-state index contributed by atoms with van der Waals surface area (Å²) in [6.07, 6.45) is 0.299. The van der Waals surface area contributed by atoms with E-state index in [1.807, 2.05) is 25.1 Å². The highest BCUT2D eigenvalue weighted by Crippen LogP contribution is 2.30. The lowest BCUT2D eigenvalue weighted by Crippen LogP contribution is -2.27. The van der Waals surface area contributed by atoms with E-state index in [0.717, 1.165) is 30.0 Å². The lowest BCUT2D eigenvalue weighted by Gasteiger charge is -2.23. The van der Waals surface area contributed by atoms with Crippen LogP contribution in [0.1, 0.15) is 45.7 Å². The van der Waals surface area contributed by atoms with E-state index in [-0.39, 0.29) is 12.1 Å². The van der Waals surface area contributed by atoms with Gasteiger partial charge in [-0.25, -0.2) is 0 Å². The summed E-state index contributed by atoms with van der Waals surface area (Å²) in [6, 6.07) is 6.01. The molecule has 0 aliphatic rings. The van der Waals surface area contributed by atoms with Crippen molar-refractivity contribution in [2.24, 2.45) is 0 Å². The molecule has 0 aliphatic carbocycles. The minimum atomic E-state index is -0.520. The van der Waals surface area contributed by atoms with Crippen LogP contribution in [-0.2, 0) is 0 Å². The van der Waals surface area contributed by atoms with E-state index in [0.29, 0.717) is 0 Å². The molecule has 3 atom stereocenters. The maximum atomic E-state index is 9.61. The molecule has 1 aromatic rings. The summed E-state index contributed by atoms with van der Waals surface area (Å²) in [7, 11) is 1.63. The smallest absolute Gasteiger partial charge is 0.128 e. The zero-order valence-electron chi connectivity index (χ0n) is 13.1. The van der Waals surface area contributed by atoms with Crippen LogP contribution >= 0.6 is 0 Å². The molecule has 0 aromatic heterocycles. The highest BCUT2D eigenvalue weighted by atomic mass is 16.5. The molecular weight excluding hydrogens is 254 g/mol. The van der Waals surface area contributed by atoms with Gasteiger partial charge in [0.15, 0.2) is 0 Å². The van der Waals surface area contributed by atoms with Crippen molar-refractivity contribution in [1.29, 1.82) is 0 Å². The van der Waals surface area contributed by atoms with Gasteiger partial charge in [-0.2, -0.15) is 0 Å². The zero-order valence-corrected chi connectivity index (χ0v) is 13.1. The van der Waals surface area contributed by atoms with Crippen LogP contribution in [0.5, 0.6) is 11.5 Å². The largest absolute Gasteiger partial charge is 0.497 e. The van der Waals surface area contributed by atoms with Crippen molar-refractivity contribution in [1.82, 2.24) is 5.32 Å². The topological polar surface area (TPSA) is 50.7 Å². The quantitative estimate of drug-likeness (QED) is 0.769. The minimum absolute atomic E-state index is 0.192. The molecule has 4 heteroatoms. The van der Waals surface area contributed by atoms with E-state index in [1.54, 1.807) is 14.0 Å². The average Bonchev–Trinajstić information content (AvgIpc) is 2.44. The van der Waals surface area contributed by atoms with Crippen LogP contribution in [0.4, 0.5) is 0 Å². The van der Waals surface area contributed by atoms with Crippen LogP contribution < -0.4 is 14.8 Å². The molecule has 2 N–H and O–H groups in total. The van der Waals surface area contributed by atoms with Crippen molar-refractivity contribution in [2.75, 3.05) is 13.7 Å². The maximum Gasteiger partial charge on any atom is 0.128 e. The Hall–Kier alpha value is -1.26.